The van der Waals surface area contributed by atoms with Crippen LogP contribution in [0.4, 0.5) is 5.13 Å². The number of carbonyl (C=O) groups is 2. The molecule has 0 unspecified atom stereocenters. The number of aromatic nitrogens is 1. The molecule has 27 heavy (non-hydrogen) atoms. The van der Waals surface area contributed by atoms with E-state index in [-0.39, 0.29) is 17.4 Å². The van der Waals surface area contributed by atoms with E-state index in [4.69, 9.17) is 4.42 Å². The highest BCUT2D eigenvalue weighted by Gasteiger charge is 2.33. The van der Waals surface area contributed by atoms with Gasteiger partial charge in [0, 0.05) is 5.39 Å². The number of fused-ring (bicyclic) bond motifs is 2. The smallest absolute Gasteiger partial charge is 0.315 e. The van der Waals surface area contributed by atoms with E-state index in [1.165, 1.54) is 28.0 Å². The Kier molecular flexibility index (Phi) is 3.80. The van der Waals surface area contributed by atoms with Gasteiger partial charge in [-0.2, -0.15) is 4.99 Å². The first-order chi connectivity index (χ1) is 13.2. The number of amidine groups is 1. The Labute approximate surface area is 161 Å². The summed E-state index contributed by atoms with van der Waals surface area (Å²) in [7, 11) is 0. The Morgan fingerprint density at radius 3 is 2.81 bits per heavy atom. The molecular weight excluding hydrogens is 382 g/mol. The molecule has 0 aliphatic carbocycles. The molecule has 2 aromatic heterocycles. The van der Waals surface area contributed by atoms with Crippen molar-refractivity contribution in [1.29, 1.82) is 0 Å². The van der Waals surface area contributed by atoms with Crippen LogP contribution in [-0.4, -0.2) is 27.7 Å². The summed E-state index contributed by atoms with van der Waals surface area (Å²) in [5.41, 5.74) is 1.43. The number of para-hydroxylation sites is 2. The van der Waals surface area contributed by atoms with Gasteiger partial charge in [0.25, 0.3) is 0 Å². The van der Waals surface area contributed by atoms with Gasteiger partial charge in [-0.15, -0.1) is 0 Å². The number of benzene rings is 2. The fourth-order valence-corrected chi connectivity index (χ4v) is 4.71. The summed E-state index contributed by atoms with van der Waals surface area (Å²) >= 11 is 2.62. The van der Waals surface area contributed by atoms with Crippen LogP contribution in [0.25, 0.3) is 21.2 Å². The van der Waals surface area contributed by atoms with Crippen LogP contribution in [0.15, 0.2) is 64.0 Å². The predicted octanol–water partition coefficient (Wildman–Crippen LogP) is 4.32. The lowest BCUT2D eigenvalue weighted by atomic mass is 10.2. The summed E-state index contributed by atoms with van der Waals surface area (Å²) in [6.45, 7) is 0. The van der Waals surface area contributed by atoms with E-state index in [2.05, 4.69) is 9.98 Å². The SMILES string of the molecule is O=C(N=C1SCC(=O)N1c1nc2ccccc2s1)c1cc2ccccc2o1. The molecule has 132 valence electrons. The second kappa shape index (κ2) is 6.33. The quantitative estimate of drug-likeness (QED) is 0.507. The van der Waals surface area contributed by atoms with Crippen LogP contribution in [0.2, 0.25) is 0 Å². The summed E-state index contributed by atoms with van der Waals surface area (Å²) in [6, 6.07) is 16.7. The average molecular weight is 393 g/mol. The molecule has 0 radical (unpaired) electrons. The summed E-state index contributed by atoms with van der Waals surface area (Å²) in [6.07, 6.45) is 0. The molecule has 1 fully saturated rings. The summed E-state index contributed by atoms with van der Waals surface area (Å²) in [4.78, 5) is 35.0. The number of amides is 2. The number of nitrogens with zero attached hydrogens (tertiary/aromatic N) is 3. The van der Waals surface area contributed by atoms with Gasteiger partial charge in [-0.1, -0.05) is 53.4 Å². The van der Waals surface area contributed by atoms with Crippen molar-refractivity contribution >= 4 is 66.4 Å². The fourth-order valence-electron chi connectivity index (χ4n) is 2.82. The topological polar surface area (TPSA) is 75.8 Å². The Morgan fingerprint density at radius 2 is 1.96 bits per heavy atom. The Balaban J connectivity index is 1.52. The van der Waals surface area contributed by atoms with E-state index in [9.17, 15) is 9.59 Å². The number of hydrogen-bond acceptors (Lipinski definition) is 6. The molecule has 6 nitrogen and oxygen atoms in total. The van der Waals surface area contributed by atoms with Crippen molar-refractivity contribution in [2.75, 3.05) is 10.7 Å². The molecule has 1 aliphatic heterocycles. The number of thioether (sulfide) groups is 1. The minimum absolute atomic E-state index is 0.143. The van der Waals surface area contributed by atoms with E-state index < -0.39 is 5.91 Å². The molecule has 2 amide bonds. The molecule has 0 bridgehead atoms. The van der Waals surface area contributed by atoms with Crippen molar-refractivity contribution < 1.29 is 14.0 Å². The Morgan fingerprint density at radius 1 is 1.15 bits per heavy atom. The van der Waals surface area contributed by atoms with Crippen LogP contribution in [0, 0.1) is 0 Å². The van der Waals surface area contributed by atoms with Gasteiger partial charge in [-0.05, 0) is 24.3 Å². The molecule has 8 heteroatoms. The van der Waals surface area contributed by atoms with Crippen molar-refractivity contribution in [1.82, 2.24) is 4.98 Å². The third-order valence-electron chi connectivity index (χ3n) is 4.07. The van der Waals surface area contributed by atoms with Crippen LogP contribution in [0.1, 0.15) is 10.6 Å². The largest absolute Gasteiger partial charge is 0.451 e. The van der Waals surface area contributed by atoms with E-state index in [0.29, 0.717) is 15.9 Å². The molecule has 2 aromatic carbocycles. The second-order valence-corrected chi connectivity index (χ2v) is 7.78. The first kappa shape index (κ1) is 16.2. The zero-order valence-electron chi connectivity index (χ0n) is 13.8. The fraction of sp³-hybridized carbons (Fsp3) is 0.0526. The highest BCUT2D eigenvalue weighted by atomic mass is 32.2. The number of carbonyl (C=O) groups excluding carboxylic acids is 2. The lowest BCUT2D eigenvalue weighted by molar-refractivity contribution is -0.115. The normalized spacial score (nSPS) is 16.1. The van der Waals surface area contributed by atoms with E-state index in [1.54, 1.807) is 12.1 Å². The van der Waals surface area contributed by atoms with Crippen molar-refractivity contribution in [2.24, 2.45) is 4.99 Å². The summed E-state index contributed by atoms with van der Waals surface area (Å²) in [5, 5.41) is 1.67. The average Bonchev–Trinajstić information content (AvgIpc) is 3.37. The molecule has 3 heterocycles. The van der Waals surface area contributed by atoms with Gasteiger partial charge >= 0.3 is 5.91 Å². The molecule has 1 aliphatic rings. The number of hydrogen-bond donors (Lipinski definition) is 0. The van der Waals surface area contributed by atoms with Gasteiger partial charge in [-0.25, -0.2) is 9.88 Å². The van der Waals surface area contributed by atoms with Gasteiger partial charge in [0.1, 0.15) is 5.58 Å². The maximum Gasteiger partial charge on any atom is 0.315 e. The zero-order valence-corrected chi connectivity index (χ0v) is 15.4. The van der Waals surface area contributed by atoms with E-state index in [1.807, 2.05) is 42.5 Å². The standard InChI is InChI=1S/C19H11N3O3S2/c23-16-10-26-18(22(16)19-20-12-6-2-4-8-15(12)27-19)21-17(24)14-9-11-5-1-3-7-13(11)25-14/h1-9H,10H2. The lowest BCUT2D eigenvalue weighted by Gasteiger charge is -2.10. The second-order valence-electron chi connectivity index (χ2n) is 5.83. The van der Waals surface area contributed by atoms with Crippen molar-refractivity contribution in [2.45, 2.75) is 0 Å². The van der Waals surface area contributed by atoms with Gasteiger partial charge in [0.05, 0.1) is 16.0 Å². The number of anilines is 1. The monoisotopic (exact) mass is 393 g/mol. The lowest BCUT2D eigenvalue weighted by Crippen LogP contribution is -2.29. The summed E-state index contributed by atoms with van der Waals surface area (Å²) < 4.78 is 6.55. The third-order valence-corrected chi connectivity index (χ3v) is 6.02. The van der Waals surface area contributed by atoms with E-state index >= 15 is 0 Å². The van der Waals surface area contributed by atoms with Gasteiger partial charge < -0.3 is 4.42 Å². The first-order valence-corrected chi connectivity index (χ1v) is 9.92. The van der Waals surface area contributed by atoms with Crippen LogP contribution in [0.3, 0.4) is 0 Å². The van der Waals surface area contributed by atoms with Crippen molar-refractivity contribution in [3.05, 3.63) is 60.4 Å². The van der Waals surface area contributed by atoms with Crippen molar-refractivity contribution in [3.8, 4) is 0 Å². The van der Waals surface area contributed by atoms with Crippen LogP contribution >= 0.6 is 23.1 Å². The van der Waals surface area contributed by atoms with Gasteiger partial charge in [0.2, 0.25) is 5.91 Å². The third kappa shape index (κ3) is 2.83. The Hall–Kier alpha value is -2.97. The molecule has 4 aromatic rings. The first-order valence-electron chi connectivity index (χ1n) is 8.12. The zero-order chi connectivity index (χ0) is 18.4. The maximum absolute atomic E-state index is 12.6. The predicted molar refractivity (Wildman–Crippen MR) is 108 cm³/mol. The highest BCUT2D eigenvalue weighted by Crippen LogP contribution is 2.34. The molecule has 0 spiro atoms. The minimum Gasteiger partial charge on any atom is -0.451 e. The number of thiazole rings is 1. The van der Waals surface area contributed by atoms with Gasteiger partial charge in [-0.3, -0.25) is 9.59 Å². The summed E-state index contributed by atoms with van der Waals surface area (Å²) in [5.74, 6) is -0.292. The van der Waals surface area contributed by atoms with Crippen LogP contribution in [-0.2, 0) is 4.79 Å². The minimum atomic E-state index is -0.519. The molecule has 1 saturated heterocycles. The number of rotatable bonds is 2. The van der Waals surface area contributed by atoms with Crippen LogP contribution in [0.5, 0.6) is 0 Å². The highest BCUT2D eigenvalue weighted by molar-refractivity contribution is 8.15. The molecule has 0 saturated carbocycles. The maximum atomic E-state index is 12.6. The van der Waals surface area contributed by atoms with Crippen molar-refractivity contribution in [3.63, 3.8) is 0 Å². The molecule has 0 atom stereocenters. The molecular formula is C19H11N3O3S2. The van der Waals surface area contributed by atoms with Gasteiger partial charge in [0.15, 0.2) is 16.1 Å². The van der Waals surface area contributed by atoms with E-state index in [0.717, 1.165) is 15.6 Å². The Bertz CT molecular complexity index is 1180. The number of furan rings is 1. The number of aliphatic imine (C=N–C) groups is 1. The molecule has 0 N–H and O–H groups in total. The van der Waals surface area contributed by atoms with Crippen LogP contribution < -0.4 is 4.90 Å². The molecule has 5 rings (SSSR count).